The second-order valence-corrected chi connectivity index (χ2v) is 10.9. The molecule has 2 aromatic carbocycles. The molecule has 6 rings (SSSR count). The Kier molecular flexibility index (Phi) is 6.21. The molecule has 4 aromatic rings. The Morgan fingerprint density at radius 3 is 2.25 bits per heavy atom. The van der Waals surface area contributed by atoms with Gasteiger partial charge in [-0.15, -0.1) is 0 Å². The van der Waals surface area contributed by atoms with Crippen LogP contribution in [0.1, 0.15) is 25.7 Å². The van der Waals surface area contributed by atoms with Crippen LogP contribution in [0.4, 0.5) is 5.82 Å². The molecule has 184 valence electrons. The van der Waals surface area contributed by atoms with Crippen LogP contribution in [0.5, 0.6) is 0 Å². The van der Waals surface area contributed by atoms with Crippen LogP contribution in [0.2, 0.25) is 15.1 Å². The predicted octanol–water partition coefficient (Wildman–Crippen LogP) is 7.05. The maximum atomic E-state index is 13.3. The van der Waals surface area contributed by atoms with Crippen LogP contribution in [0.3, 0.4) is 0 Å². The average molecular weight is 540 g/mol. The van der Waals surface area contributed by atoms with E-state index in [1.807, 2.05) is 30.3 Å². The fraction of sp³-hybridized carbons (Fsp3) is 0.286. The summed E-state index contributed by atoms with van der Waals surface area (Å²) in [7, 11) is 2.23. The van der Waals surface area contributed by atoms with Gasteiger partial charge in [0, 0.05) is 46.2 Å². The minimum atomic E-state index is -0.225. The number of halogens is 3. The second kappa shape index (κ2) is 9.38. The number of hydrogen-bond acceptors (Lipinski definition) is 4. The van der Waals surface area contributed by atoms with E-state index in [2.05, 4.69) is 17.3 Å². The molecule has 1 unspecified atom stereocenters. The van der Waals surface area contributed by atoms with Gasteiger partial charge in [0.15, 0.2) is 0 Å². The van der Waals surface area contributed by atoms with Gasteiger partial charge in [0.1, 0.15) is 5.82 Å². The van der Waals surface area contributed by atoms with Gasteiger partial charge in [0.2, 0.25) is 0 Å². The number of nitrogens with zero attached hydrogens (tertiary/aromatic N) is 3. The van der Waals surface area contributed by atoms with Crippen LogP contribution in [-0.2, 0) is 0 Å². The molecule has 1 N–H and O–H groups in total. The minimum Gasteiger partial charge on any atom is -0.367 e. The third-order valence-electron chi connectivity index (χ3n) is 7.63. The van der Waals surface area contributed by atoms with Crippen molar-refractivity contribution in [1.82, 2.24) is 14.5 Å². The molecule has 36 heavy (non-hydrogen) atoms. The highest BCUT2D eigenvalue weighted by atomic mass is 35.5. The number of benzene rings is 2. The Bertz CT molecular complexity index is 1500. The lowest BCUT2D eigenvalue weighted by Gasteiger charge is -2.36. The standard InChI is InChI=1S/C28H25Cl3N4O/c1-34-17-9-10-18(34)14-16(13-17)32-25-15-24-20(27(33-25)19-5-2-3-6-21(19)29)11-12-26(36)35(24)28-22(30)7-4-8-23(28)31/h2-8,11-12,15-18H,9-10,13-14H2,1H3,(H,32,33)/t16?,17-,18+. The van der Waals surface area contributed by atoms with Crippen LogP contribution in [0, 0.1) is 0 Å². The lowest BCUT2D eigenvalue weighted by atomic mass is 9.98. The smallest absolute Gasteiger partial charge is 0.255 e. The average Bonchev–Trinajstić information content (AvgIpc) is 3.05. The topological polar surface area (TPSA) is 50.2 Å². The molecule has 8 heteroatoms. The van der Waals surface area contributed by atoms with E-state index in [1.165, 1.54) is 18.9 Å². The summed E-state index contributed by atoms with van der Waals surface area (Å²) in [5, 5.41) is 5.86. The molecule has 0 radical (unpaired) electrons. The first-order valence-electron chi connectivity index (χ1n) is 12.2. The maximum Gasteiger partial charge on any atom is 0.255 e. The van der Waals surface area contributed by atoms with E-state index in [1.54, 1.807) is 28.8 Å². The second-order valence-electron chi connectivity index (χ2n) is 9.71. The molecule has 0 spiro atoms. The number of aromatic nitrogens is 2. The maximum absolute atomic E-state index is 13.3. The quantitative estimate of drug-likeness (QED) is 0.302. The third-order valence-corrected chi connectivity index (χ3v) is 8.57. The van der Waals surface area contributed by atoms with Crippen molar-refractivity contribution in [2.75, 3.05) is 12.4 Å². The molecule has 2 bridgehead atoms. The van der Waals surface area contributed by atoms with E-state index in [0.29, 0.717) is 55.9 Å². The van der Waals surface area contributed by atoms with Crippen molar-refractivity contribution in [3.8, 4) is 16.9 Å². The van der Waals surface area contributed by atoms with Crippen molar-refractivity contribution in [2.45, 2.75) is 43.8 Å². The van der Waals surface area contributed by atoms with E-state index in [4.69, 9.17) is 39.8 Å². The summed E-state index contributed by atoms with van der Waals surface area (Å²) in [5.41, 5.74) is 2.40. The molecular weight excluding hydrogens is 515 g/mol. The zero-order chi connectivity index (χ0) is 25.0. The zero-order valence-corrected chi connectivity index (χ0v) is 22.0. The summed E-state index contributed by atoms with van der Waals surface area (Å²) in [4.78, 5) is 20.8. The summed E-state index contributed by atoms with van der Waals surface area (Å²) in [6.07, 6.45) is 4.60. The zero-order valence-electron chi connectivity index (χ0n) is 19.7. The summed E-state index contributed by atoms with van der Waals surface area (Å²) in [6.45, 7) is 0. The van der Waals surface area contributed by atoms with Gasteiger partial charge in [-0.3, -0.25) is 9.36 Å². The molecule has 2 fully saturated rings. The summed E-state index contributed by atoms with van der Waals surface area (Å²) in [5.74, 6) is 0.703. The fourth-order valence-electron chi connectivity index (χ4n) is 5.84. The van der Waals surface area contributed by atoms with Gasteiger partial charge in [-0.2, -0.15) is 0 Å². The third kappa shape index (κ3) is 4.08. The minimum absolute atomic E-state index is 0.225. The number of hydrogen-bond donors (Lipinski definition) is 1. The number of pyridine rings is 2. The van der Waals surface area contributed by atoms with Crippen molar-refractivity contribution in [3.63, 3.8) is 0 Å². The van der Waals surface area contributed by atoms with E-state index < -0.39 is 0 Å². The van der Waals surface area contributed by atoms with E-state index >= 15 is 0 Å². The van der Waals surface area contributed by atoms with E-state index in [0.717, 1.165) is 23.8 Å². The highest BCUT2D eigenvalue weighted by Gasteiger charge is 2.38. The number of para-hydroxylation sites is 1. The molecule has 0 aliphatic carbocycles. The normalized spacial score (nSPS) is 21.7. The van der Waals surface area contributed by atoms with Crippen LogP contribution >= 0.6 is 34.8 Å². The molecule has 4 heterocycles. The van der Waals surface area contributed by atoms with E-state index in [-0.39, 0.29) is 5.56 Å². The summed E-state index contributed by atoms with van der Waals surface area (Å²) >= 11 is 19.8. The van der Waals surface area contributed by atoms with Crippen LogP contribution in [0.25, 0.3) is 27.8 Å². The van der Waals surface area contributed by atoms with Crippen LogP contribution in [-0.4, -0.2) is 39.6 Å². The highest BCUT2D eigenvalue weighted by molar-refractivity contribution is 6.38. The van der Waals surface area contributed by atoms with Crippen LogP contribution < -0.4 is 10.9 Å². The van der Waals surface area contributed by atoms with E-state index in [9.17, 15) is 4.79 Å². The van der Waals surface area contributed by atoms with Crippen LogP contribution in [0.15, 0.2) is 65.5 Å². The van der Waals surface area contributed by atoms with Gasteiger partial charge in [-0.05, 0) is 57.0 Å². The molecule has 0 saturated carbocycles. The largest absolute Gasteiger partial charge is 0.367 e. The first-order valence-corrected chi connectivity index (χ1v) is 13.3. The van der Waals surface area contributed by atoms with Crippen molar-refractivity contribution >= 4 is 51.5 Å². The Labute approximate surface area is 224 Å². The molecule has 2 aliphatic heterocycles. The molecule has 2 aromatic heterocycles. The van der Waals surface area contributed by atoms with Gasteiger partial charge < -0.3 is 10.2 Å². The van der Waals surface area contributed by atoms with Gasteiger partial charge in [0.05, 0.1) is 26.9 Å². The first kappa shape index (κ1) is 23.8. The molecule has 2 aliphatic rings. The van der Waals surface area contributed by atoms with Gasteiger partial charge in [-0.1, -0.05) is 59.1 Å². The van der Waals surface area contributed by atoms with Gasteiger partial charge >= 0.3 is 0 Å². The van der Waals surface area contributed by atoms with Crippen molar-refractivity contribution in [2.24, 2.45) is 0 Å². The highest BCUT2D eigenvalue weighted by Crippen LogP contribution is 2.38. The number of rotatable bonds is 4. The Balaban J connectivity index is 1.57. The molecular formula is C28H25Cl3N4O. The Hall–Kier alpha value is -2.57. The van der Waals surface area contributed by atoms with Crippen molar-refractivity contribution in [3.05, 3.63) is 86.1 Å². The summed E-state index contributed by atoms with van der Waals surface area (Å²) in [6, 6.07) is 19.6. The number of fused-ring (bicyclic) bond motifs is 3. The molecule has 3 atom stereocenters. The van der Waals surface area contributed by atoms with Gasteiger partial charge in [-0.25, -0.2) is 4.98 Å². The number of nitrogens with one attached hydrogen (secondary N) is 1. The van der Waals surface area contributed by atoms with Crippen molar-refractivity contribution < 1.29 is 0 Å². The predicted molar refractivity (Wildman–Crippen MR) is 149 cm³/mol. The fourth-order valence-corrected chi connectivity index (χ4v) is 6.63. The number of anilines is 1. The lowest BCUT2D eigenvalue weighted by molar-refractivity contribution is 0.169. The number of piperidine rings is 1. The summed E-state index contributed by atoms with van der Waals surface area (Å²) < 4.78 is 1.57. The lowest BCUT2D eigenvalue weighted by Crippen LogP contribution is -2.44. The molecule has 5 nitrogen and oxygen atoms in total. The molecule has 0 amide bonds. The monoisotopic (exact) mass is 538 g/mol. The Morgan fingerprint density at radius 2 is 1.56 bits per heavy atom. The van der Waals surface area contributed by atoms with Gasteiger partial charge in [0.25, 0.3) is 5.56 Å². The SMILES string of the molecule is CN1[C@@H]2CC[C@H]1CC(Nc1cc3c(ccc(=O)n3-c3c(Cl)cccc3Cl)c(-c3ccccc3Cl)n1)C2. The molecule has 2 saturated heterocycles. The first-order chi connectivity index (χ1) is 17.4. The Morgan fingerprint density at radius 1 is 0.889 bits per heavy atom. The van der Waals surface area contributed by atoms with Crippen molar-refractivity contribution in [1.29, 1.82) is 0 Å².